The lowest BCUT2D eigenvalue weighted by atomic mass is 10.7. The number of aldehydes is 1. The first kappa shape index (κ1) is 7.31. The Hall–Kier alpha value is -0.690. The van der Waals surface area contributed by atoms with Gasteiger partial charge in [0.05, 0.1) is 0 Å². The average Bonchev–Trinajstić information content (AvgIpc) is 2.14. The molecule has 4 heteroatoms. The summed E-state index contributed by atoms with van der Waals surface area (Å²) in [5, 5.41) is 0. The van der Waals surface area contributed by atoms with Crippen LogP contribution in [0.4, 0.5) is 0 Å². The van der Waals surface area contributed by atoms with Gasteiger partial charge in [0, 0.05) is 12.4 Å². The summed E-state index contributed by atoms with van der Waals surface area (Å²) >= 11 is 0. The Balaban J connectivity index is 0.000000490. The number of imidazole rings is 1. The van der Waals surface area contributed by atoms with Gasteiger partial charge >= 0.3 is 0 Å². The summed E-state index contributed by atoms with van der Waals surface area (Å²) < 4.78 is 0. The highest BCUT2D eigenvalue weighted by Gasteiger charge is 1.82. The number of nitrogens with zero attached hydrogens (tertiary/aromatic N) is 1. The fourth-order valence-corrected chi connectivity index (χ4v) is 0.342. The number of carbonyl (C=O) groups is 1. The third-order valence-corrected chi connectivity index (χ3v) is 0.631. The SMILES string of the molecule is O=Cc1ncc[nH]1.P. The minimum Gasteiger partial charge on any atom is -0.342 e. The first-order valence-corrected chi connectivity index (χ1v) is 1.88. The summed E-state index contributed by atoms with van der Waals surface area (Å²) in [6.45, 7) is 0. The van der Waals surface area contributed by atoms with Gasteiger partial charge in [0.15, 0.2) is 12.1 Å². The lowest BCUT2D eigenvalue weighted by Crippen LogP contribution is -1.78. The number of H-pyrrole nitrogens is 1. The zero-order chi connectivity index (χ0) is 5.11. The summed E-state index contributed by atoms with van der Waals surface area (Å²) in [5.41, 5.74) is 0. The number of aromatic nitrogens is 2. The van der Waals surface area contributed by atoms with Gasteiger partial charge in [-0.05, 0) is 0 Å². The number of carbonyl (C=O) groups excluding carboxylic acids is 1. The van der Waals surface area contributed by atoms with Crippen LogP contribution in [-0.2, 0) is 0 Å². The van der Waals surface area contributed by atoms with Crippen LogP contribution in [0, 0.1) is 0 Å². The standard InChI is InChI=1S/C4H4N2O.H3P/c7-3-4-5-1-2-6-4;/h1-3H,(H,5,6);1H3. The van der Waals surface area contributed by atoms with Crippen LogP contribution in [0.2, 0.25) is 0 Å². The average molecular weight is 130 g/mol. The highest BCUT2D eigenvalue weighted by molar-refractivity contribution is 6.92. The van der Waals surface area contributed by atoms with Crippen molar-refractivity contribution < 1.29 is 4.79 Å². The molecule has 0 amide bonds. The second-order valence-electron chi connectivity index (χ2n) is 1.09. The van der Waals surface area contributed by atoms with Gasteiger partial charge in [-0.3, -0.25) is 4.79 Å². The molecule has 0 spiro atoms. The van der Waals surface area contributed by atoms with Gasteiger partial charge in [0.2, 0.25) is 0 Å². The van der Waals surface area contributed by atoms with E-state index in [1.54, 1.807) is 6.20 Å². The van der Waals surface area contributed by atoms with E-state index >= 15 is 0 Å². The zero-order valence-electron chi connectivity index (χ0n) is 4.29. The van der Waals surface area contributed by atoms with Crippen molar-refractivity contribution in [3.05, 3.63) is 18.2 Å². The molecular weight excluding hydrogens is 123 g/mol. The third kappa shape index (κ3) is 1.43. The molecule has 3 nitrogen and oxygen atoms in total. The van der Waals surface area contributed by atoms with Crippen molar-refractivity contribution in [2.45, 2.75) is 0 Å². The summed E-state index contributed by atoms with van der Waals surface area (Å²) in [6.07, 6.45) is 3.80. The lowest BCUT2D eigenvalue weighted by Gasteiger charge is -1.68. The molecule has 8 heavy (non-hydrogen) atoms. The van der Waals surface area contributed by atoms with E-state index in [9.17, 15) is 4.79 Å². The Bertz CT molecular complexity index is 149. The molecule has 1 aromatic heterocycles. The Morgan fingerprint density at radius 3 is 2.75 bits per heavy atom. The van der Waals surface area contributed by atoms with Crippen molar-refractivity contribution in [2.24, 2.45) is 0 Å². The van der Waals surface area contributed by atoms with E-state index in [2.05, 4.69) is 9.97 Å². The summed E-state index contributed by atoms with van der Waals surface area (Å²) in [7, 11) is 0. The molecule has 0 radical (unpaired) electrons. The maximum Gasteiger partial charge on any atom is 0.185 e. The van der Waals surface area contributed by atoms with Crippen molar-refractivity contribution in [1.82, 2.24) is 9.97 Å². The molecule has 1 rings (SSSR count). The van der Waals surface area contributed by atoms with E-state index in [1.165, 1.54) is 6.20 Å². The molecule has 0 saturated heterocycles. The van der Waals surface area contributed by atoms with Gasteiger partial charge in [-0.15, -0.1) is 0 Å². The Labute approximate surface area is 50.1 Å². The summed E-state index contributed by atoms with van der Waals surface area (Å²) in [6, 6.07) is 0. The molecule has 0 aromatic carbocycles. The second kappa shape index (κ2) is 3.33. The zero-order valence-corrected chi connectivity index (χ0v) is 5.71. The van der Waals surface area contributed by atoms with Crippen molar-refractivity contribution in [2.75, 3.05) is 0 Å². The van der Waals surface area contributed by atoms with E-state index in [0.717, 1.165) is 0 Å². The van der Waals surface area contributed by atoms with E-state index in [4.69, 9.17) is 0 Å². The Kier molecular flexibility index (Phi) is 3.04. The van der Waals surface area contributed by atoms with Crippen LogP contribution >= 0.6 is 9.90 Å². The number of hydrogen-bond donors (Lipinski definition) is 1. The molecule has 1 atom stereocenters. The second-order valence-corrected chi connectivity index (χ2v) is 1.09. The molecule has 1 unspecified atom stereocenters. The monoisotopic (exact) mass is 130 g/mol. The van der Waals surface area contributed by atoms with Gasteiger partial charge in [0.1, 0.15) is 0 Å². The quantitative estimate of drug-likeness (QED) is 0.438. The van der Waals surface area contributed by atoms with Crippen LogP contribution in [-0.4, -0.2) is 16.3 Å². The normalized spacial score (nSPS) is 7.50. The number of rotatable bonds is 1. The maximum absolute atomic E-state index is 9.77. The minimum absolute atomic E-state index is 0. The number of nitrogens with one attached hydrogen (secondary N) is 1. The van der Waals surface area contributed by atoms with E-state index in [0.29, 0.717) is 12.1 Å². The van der Waals surface area contributed by atoms with Crippen LogP contribution in [0.15, 0.2) is 12.4 Å². The molecule has 0 saturated carbocycles. The molecule has 0 aliphatic heterocycles. The lowest BCUT2D eigenvalue weighted by molar-refractivity contribution is 0.111. The fourth-order valence-electron chi connectivity index (χ4n) is 0.342. The Morgan fingerprint density at radius 2 is 2.50 bits per heavy atom. The topological polar surface area (TPSA) is 45.8 Å². The van der Waals surface area contributed by atoms with Gasteiger partial charge in [-0.1, -0.05) is 0 Å². The molecular formula is C4H7N2OP. The minimum atomic E-state index is 0. The number of hydrogen-bond acceptors (Lipinski definition) is 2. The first-order valence-electron chi connectivity index (χ1n) is 1.88. The molecule has 0 bridgehead atoms. The van der Waals surface area contributed by atoms with Gasteiger partial charge < -0.3 is 4.98 Å². The van der Waals surface area contributed by atoms with Crippen LogP contribution in [0.25, 0.3) is 0 Å². The number of aromatic amines is 1. The van der Waals surface area contributed by atoms with Crippen molar-refractivity contribution in [3.63, 3.8) is 0 Å². The van der Waals surface area contributed by atoms with E-state index < -0.39 is 0 Å². The fraction of sp³-hybridized carbons (Fsp3) is 0. The smallest absolute Gasteiger partial charge is 0.185 e. The van der Waals surface area contributed by atoms with Crippen molar-refractivity contribution >= 4 is 16.2 Å². The summed E-state index contributed by atoms with van der Waals surface area (Å²) in [4.78, 5) is 16.0. The van der Waals surface area contributed by atoms with Crippen LogP contribution in [0.3, 0.4) is 0 Å². The first-order chi connectivity index (χ1) is 3.43. The van der Waals surface area contributed by atoms with Crippen LogP contribution in [0.5, 0.6) is 0 Å². The Morgan fingerprint density at radius 1 is 1.75 bits per heavy atom. The molecule has 0 aliphatic carbocycles. The predicted octanol–water partition coefficient (Wildman–Crippen LogP) is 0.280. The van der Waals surface area contributed by atoms with Crippen LogP contribution < -0.4 is 0 Å². The maximum atomic E-state index is 9.77. The van der Waals surface area contributed by atoms with Crippen molar-refractivity contribution in [3.8, 4) is 0 Å². The van der Waals surface area contributed by atoms with Gasteiger partial charge in [0.25, 0.3) is 0 Å². The molecule has 1 N–H and O–H groups in total. The third-order valence-electron chi connectivity index (χ3n) is 0.631. The van der Waals surface area contributed by atoms with Gasteiger partial charge in [-0.25, -0.2) is 4.98 Å². The van der Waals surface area contributed by atoms with E-state index in [1.807, 2.05) is 0 Å². The predicted molar refractivity (Wildman–Crippen MR) is 35.1 cm³/mol. The highest BCUT2D eigenvalue weighted by Crippen LogP contribution is 1.77. The molecule has 0 aliphatic rings. The molecule has 1 heterocycles. The molecule has 0 fully saturated rings. The molecule has 1 aromatic rings. The molecule has 44 valence electrons. The van der Waals surface area contributed by atoms with Crippen LogP contribution in [0.1, 0.15) is 10.6 Å². The largest absolute Gasteiger partial charge is 0.342 e. The van der Waals surface area contributed by atoms with Gasteiger partial charge in [-0.2, -0.15) is 9.90 Å². The van der Waals surface area contributed by atoms with Crippen molar-refractivity contribution in [1.29, 1.82) is 0 Å². The highest BCUT2D eigenvalue weighted by atomic mass is 31.0. The van der Waals surface area contributed by atoms with E-state index in [-0.39, 0.29) is 9.90 Å². The summed E-state index contributed by atoms with van der Waals surface area (Å²) in [5.74, 6) is 0.375.